The maximum atomic E-state index is 14.1. The van der Waals surface area contributed by atoms with Crippen LogP contribution < -0.4 is 0 Å². The van der Waals surface area contributed by atoms with Crippen molar-refractivity contribution in [2.75, 3.05) is 19.6 Å². The van der Waals surface area contributed by atoms with E-state index < -0.39 is 0 Å². The van der Waals surface area contributed by atoms with Gasteiger partial charge in [0.15, 0.2) is 0 Å². The second-order valence-corrected chi connectivity index (χ2v) is 8.95. The van der Waals surface area contributed by atoms with E-state index in [2.05, 4.69) is 10.2 Å². The predicted octanol–water partition coefficient (Wildman–Crippen LogP) is 3.40. The van der Waals surface area contributed by atoms with Crippen LogP contribution in [0.2, 0.25) is 0 Å². The number of nitrogens with one attached hydrogen (secondary N) is 1. The molecule has 7 heteroatoms. The third kappa shape index (κ3) is 3.40. The Morgan fingerprint density at radius 1 is 1.10 bits per heavy atom. The van der Waals surface area contributed by atoms with E-state index >= 15 is 0 Å². The van der Waals surface area contributed by atoms with Crippen LogP contribution in [0.5, 0.6) is 0 Å². The SMILES string of the molecule is O=C(c1cn[nH]c1)N1C[C@H]2CN(C(=O)C3CCCCC3)[C@@H](c3cccc(F)c3)[C@H]2C1. The van der Waals surface area contributed by atoms with Crippen molar-refractivity contribution >= 4 is 11.8 Å². The van der Waals surface area contributed by atoms with E-state index in [-0.39, 0.29) is 41.4 Å². The fraction of sp³-hybridized carbons (Fsp3) is 0.522. The van der Waals surface area contributed by atoms with Gasteiger partial charge in [-0.25, -0.2) is 4.39 Å². The monoisotopic (exact) mass is 410 g/mol. The van der Waals surface area contributed by atoms with E-state index in [0.717, 1.165) is 31.2 Å². The lowest BCUT2D eigenvalue weighted by molar-refractivity contribution is -0.138. The molecule has 1 aromatic heterocycles. The maximum absolute atomic E-state index is 14.1. The zero-order valence-corrected chi connectivity index (χ0v) is 17.0. The molecule has 2 aliphatic heterocycles. The average Bonchev–Trinajstić information content (AvgIpc) is 3.49. The van der Waals surface area contributed by atoms with Crippen molar-refractivity contribution in [3.8, 4) is 0 Å². The molecule has 1 aromatic carbocycles. The Bertz CT molecular complexity index is 925. The first kappa shape index (κ1) is 19.3. The van der Waals surface area contributed by atoms with Crippen molar-refractivity contribution in [3.05, 3.63) is 53.6 Å². The number of amides is 2. The Hall–Kier alpha value is -2.70. The number of H-pyrrole nitrogens is 1. The number of nitrogens with zero attached hydrogens (tertiary/aromatic N) is 3. The first-order valence-electron chi connectivity index (χ1n) is 11.0. The van der Waals surface area contributed by atoms with Crippen LogP contribution in [0.1, 0.15) is 54.1 Å². The van der Waals surface area contributed by atoms with Gasteiger partial charge in [0, 0.05) is 43.6 Å². The topological polar surface area (TPSA) is 69.3 Å². The molecule has 5 rings (SSSR count). The minimum Gasteiger partial charge on any atom is -0.338 e. The lowest BCUT2D eigenvalue weighted by Crippen LogP contribution is -2.40. The number of hydrogen-bond acceptors (Lipinski definition) is 3. The zero-order valence-electron chi connectivity index (χ0n) is 17.0. The Balaban J connectivity index is 1.42. The van der Waals surface area contributed by atoms with E-state index in [1.165, 1.54) is 12.5 Å². The second kappa shape index (κ2) is 7.85. The number of hydrogen-bond donors (Lipinski definition) is 1. The lowest BCUT2D eigenvalue weighted by Gasteiger charge is -2.33. The van der Waals surface area contributed by atoms with Gasteiger partial charge in [0.25, 0.3) is 5.91 Å². The van der Waals surface area contributed by atoms with Crippen molar-refractivity contribution < 1.29 is 14.0 Å². The third-order valence-electron chi connectivity index (χ3n) is 7.12. The molecule has 2 saturated heterocycles. The Morgan fingerprint density at radius 3 is 2.67 bits per heavy atom. The van der Waals surface area contributed by atoms with Crippen LogP contribution in [0.25, 0.3) is 0 Å². The molecule has 1 aliphatic carbocycles. The first-order valence-corrected chi connectivity index (χ1v) is 11.0. The molecule has 0 spiro atoms. The van der Waals surface area contributed by atoms with Gasteiger partial charge in [-0.05, 0) is 30.5 Å². The molecule has 0 unspecified atom stereocenters. The summed E-state index contributed by atoms with van der Waals surface area (Å²) in [7, 11) is 0. The smallest absolute Gasteiger partial charge is 0.257 e. The molecule has 0 radical (unpaired) electrons. The zero-order chi connectivity index (χ0) is 20.7. The molecule has 0 bridgehead atoms. The molecule has 1 N–H and O–H groups in total. The molecule has 6 nitrogen and oxygen atoms in total. The number of carbonyl (C=O) groups excluding carboxylic acids is 2. The Morgan fingerprint density at radius 2 is 1.93 bits per heavy atom. The summed E-state index contributed by atoms with van der Waals surface area (Å²) in [5.74, 6) is 0.298. The molecule has 3 atom stereocenters. The van der Waals surface area contributed by atoms with Crippen LogP contribution >= 0.6 is 0 Å². The number of carbonyl (C=O) groups is 2. The van der Waals surface area contributed by atoms with Gasteiger partial charge in [0.2, 0.25) is 5.91 Å². The minimum atomic E-state index is -0.287. The summed E-state index contributed by atoms with van der Waals surface area (Å²) in [6.45, 7) is 1.83. The highest BCUT2D eigenvalue weighted by molar-refractivity contribution is 5.94. The number of fused-ring (bicyclic) bond motifs is 1. The number of likely N-dealkylation sites (tertiary alicyclic amines) is 2. The molecule has 158 valence electrons. The summed E-state index contributed by atoms with van der Waals surface area (Å²) >= 11 is 0. The standard InChI is InChI=1S/C23H27FN4O2/c24-19-8-4-7-16(9-19)21-20-14-27(22(29)17-10-25-26-11-17)12-18(20)13-28(21)23(30)15-5-2-1-3-6-15/h4,7-11,15,18,20-21H,1-3,5-6,12-14H2,(H,25,26)/t18-,20-,21-/m0/s1. The average molecular weight is 410 g/mol. The molecular formula is C23H27FN4O2. The lowest BCUT2D eigenvalue weighted by atomic mass is 9.87. The summed E-state index contributed by atoms with van der Waals surface area (Å²) < 4.78 is 14.1. The summed E-state index contributed by atoms with van der Waals surface area (Å²) in [5, 5.41) is 6.57. The van der Waals surface area contributed by atoms with Gasteiger partial charge in [-0.3, -0.25) is 14.7 Å². The van der Waals surface area contributed by atoms with Gasteiger partial charge in [-0.15, -0.1) is 0 Å². The largest absolute Gasteiger partial charge is 0.338 e. The van der Waals surface area contributed by atoms with Gasteiger partial charge in [-0.1, -0.05) is 31.4 Å². The molecule has 1 saturated carbocycles. The highest BCUT2D eigenvalue weighted by atomic mass is 19.1. The van der Waals surface area contributed by atoms with Crippen molar-refractivity contribution in [3.63, 3.8) is 0 Å². The van der Waals surface area contributed by atoms with Crippen molar-refractivity contribution in [2.24, 2.45) is 17.8 Å². The summed E-state index contributed by atoms with van der Waals surface area (Å²) in [6.07, 6.45) is 8.47. The Labute approximate surface area is 175 Å². The van der Waals surface area contributed by atoms with Gasteiger partial charge in [0.1, 0.15) is 5.82 Å². The molecular weight excluding hydrogens is 383 g/mol. The Kier molecular flexibility index (Phi) is 5.05. The van der Waals surface area contributed by atoms with Crippen LogP contribution in [-0.2, 0) is 4.79 Å². The highest BCUT2D eigenvalue weighted by Gasteiger charge is 2.51. The molecule has 3 fully saturated rings. The summed E-state index contributed by atoms with van der Waals surface area (Å²) in [6, 6.07) is 6.44. The molecule has 2 aromatic rings. The van der Waals surface area contributed by atoms with Crippen LogP contribution in [0, 0.1) is 23.6 Å². The fourth-order valence-electron chi connectivity index (χ4n) is 5.69. The summed E-state index contributed by atoms with van der Waals surface area (Å²) in [5.41, 5.74) is 1.39. The van der Waals surface area contributed by atoms with E-state index in [1.54, 1.807) is 24.5 Å². The molecule has 2 amide bonds. The predicted molar refractivity (Wildman–Crippen MR) is 109 cm³/mol. The third-order valence-corrected chi connectivity index (χ3v) is 7.12. The van der Waals surface area contributed by atoms with Gasteiger partial charge >= 0.3 is 0 Å². The number of aromatic nitrogens is 2. The van der Waals surface area contributed by atoms with E-state index in [1.807, 2.05) is 15.9 Å². The maximum Gasteiger partial charge on any atom is 0.257 e. The van der Waals surface area contributed by atoms with Crippen LogP contribution in [0.15, 0.2) is 36.7 Å². The van der Waals surface area contributed by atoms with E-state index in [4.69, 9.17) is 0 Å². The number of aromatic amines is 1. The molecule has 3 aliphatic rings. The number of benzene rings is 1. The molecule has 30 heavy (non-hydrogen) atoms. The van der Waals surface area contributed by atoms with Gasteiger partial charge in [-0.2, -0.15) is 5.10 Å². The first-order chi connectivity index (χ1) is 14.6. The quantitative estimate of drug-likeness (QED) is 0.843. The van der Waals surface area contributed by atoms with Crippen LogP contribution in [0.4, 0.5) is 4.39 Å². The highest BCUT2D eigenvalue weighted by Crippen LogP contribution is 2.46. The van der Waals surface area contributed by atoms with Crippen molar-refractivity contribution in [1.82, 2.24) is 20.0 Å². The second-order valence-electron chi connectivity index (χ2n) is 8.95. The van der Waals surface area contributed by atoms with Crippen molar-refractivity contribution in [2.45, 2.75) is 38.1 Å². The van der Waals surface area contributed by atoms with E-state index in [9.17, 15) is 14.0 Å². The van der Waals surface area contributed by atoms with Crippen LogP contribution in [-0.4, -0.2) is 51.4 Å². The van der Waals surface area contributed by atoms with Crippen molar-refractivity contribution in [1.29, 1.82) is 0 Å². The minimum absolute atomic E-state index is 0.0405. The number of halogens is 1. The fourth-order valence-corrected chi connectivity index (χ4v) is 5.69. The number of rotatable bonds is 3. The van der Waals surface area contributed by atoms with E-state index in [0.29, 0.717) is 25.2 Å². The normalized spacial score (nSPS) is 26.8. The van der Waals surface area contributed by atoms with Gasteiger partial charge in [0.05, 0.1) is 17.8 Å². The van der Waals surface area contributed by atoms with Crippen LogP contribution in [0.3, 0.4) is 0 Å². The van der Waals surface area contributed by atoms with Gasteiger partial charge < -0.3 is 9.80 Å². The summed E-state index contributed by atoms with van der Waals surface area (Å²) in [4.78, 5) is 30.1. The molecule has 3 heterocycles.